The first kappa shape index (κ1) is 11.3. The topological polar surface area (TPSA) is 40.9 Å². The van der Waals surface area contributed by atoms with Crippen molar-refractivity contribution in [3.63, 3.8) is 0 Å². The average molecular weight is 270 g/mol. The predicted molar refractivity (Wildman–Crippen MR) is 60.8 cm³/mol. The fourth-order valence-corrected chi connectivity index (χ4v) is 1.67. The molecule has 14 heavy (non-hydrogen) atoms. The summed E-state index contributed by atoms with van der Waals surface area (Å²) in [4.78, 5) is 11.5. The molecule has 0 amide bonds. The van der Waals surface area contributed by atoms with Crippen molar-refractivity contribution >= 4 is 34.3 Å². The molecule has 0 radical (unpaired) electrons. The van der Waals surface area contributed by atoms with E-state index in [0.29, 0.717) is 11.1 Å². The number of carbonyl (C=O) groups is 1. The van der Waals surface area contributed by atoms with Gasteiger partial charge in [-0.2, -0.15) is 5.26 Å². The number of rotatable bonds is 2. The third-order valence-corrected chi connectivity index (χ3v) is 3.20. The van der Waals surface area contributed by atoms with Gasteiger partial charge in [0, 0.05) is 4.90 Å². The van der Waals surface area contributed by atoms with Crippen molar-refractivity contribution in [3.8, 4) is 6.07 Å². The molecule has 1 aromatic carbocycles. The number of nitriles is 1. The van der Waals surface area contributed by atoms with E-state index in [2.05, 4.69) is 28.6 Å². The van der Waals surface area contributed by atoms with Crippen LogP contribution in [0.4, 0.5) is 0 Å². The average Bonchev–Trinajstić information content (AvgIpc) is 2.16. The lowest BCUT2D eigenvalue weighted by Crippen LogP contribution is -2.03. The molecule has 0 aliphatic carbocycles. The summed E-state index contributed by atoms with van der Waals surface area (Å²) in [5, 5.41) is 8.83. The number of Topliss-reactive ketones (excluding diaryl/α,β-unsaturated/α-hetero) is 1. The highest BCUT2D eigenvalue weighted by Gasteiger charge is 2.16. The van der Waals surface area contributed by atoms with E-state index in [1.807, 2.05) is 6.07 Å². The van der Waals surface area contributed by atoms with E-state index >= 15 is 0 Å². The van der Waals surface area contributed by atoms with Crippen molar-refractivity contribution in [2.75, 3.05) is 0 Å². The fourth-order valence-electron chi connectivity index (χ4n) is 1.08. The molecule has 0 aliphatic rings. The Morgan fingerprint density at radius 1 is 1.64 bits per heavy atom. The van der Waals surface area contributed by atoms with E-state index < -0.39 is 4.83 Å². The number of nitrogens with zero attached hydrogens (tertiary/aromatic N) is 1. The van der Waals surface area contributed by atoms with Crippen LogP contribution in [0, 0.1) is 11.3 Å². The number of halogens is 1. The summed E-state index contributed by atoms with van der Waals surface area (Å²) in [6, 6.07) is 7.16. The maximum Gasteiger partial charge on any atom is 0.147 e. The molecule has 1 atom stereocenters. The lowest BCUT2D eigenvalue weighted by molar-refractivity contribution is -0.116. The second-order valence-electron chi connectivity index (χ2n) is 2.86. The van der Waals surface area contributed by atoms with Crippen molar-refractivity contribution in [3.05, 3.63) is 29.3 Å². The van der Waals surface area contributed by atoms with Crippen LogP contribution in [-0.4, -0.2) is 5.78 Å². The molecule has 0 spiro atoms. The molecular formula is C10H8BrNOS. The van der Waals surface area contributed by atoms with Gasteiger partial charge in [0.2, 0.25) is 0 Å². The molecule has 0 saturated carbocycles. The first-order valence-electron chi connectivity index (χ1n) is 3.93. The maximum absolute atomic E-state index is 11.1. The minimum absolute atomic E-state index is 0.0274. The Labute approximate surface area is 96.5 Å². The molecule has 0 fully saturated rings. The highest BCUT2D eigenvalue weighted by atomic mass is 79.9. The summed E-state index contributed by atoms with van der Waals surface area (Å²) in [7, 11) is 0. The Bertz CT molecular complexity index is 411. The first-order valence-corrected chi connectivity index (χ1v) is 5.30. The van der Waals surface area contributed by atoms with Gasteiger partial charge in [0.15, 0.2) is 0 Å². The van der Waals surface area contributed by atoms with Crippen LogP contribution < -0.4 is 0 Å². The number of benzene rings is 1. The zero-order valence-electron chi connectivity index (χ0n) is 7.49. The molecule has 0 saturated heterocycles. The second kappa shape index (κ2) is 4.63. The van der Waals surface area contributed by atoms with Crippen LogP contribution in [0.2, 0.25) is 0 Å². The van der Waals surface area contributed by atoms with Crippen LogP contribution >= 0.6 is 28.6 Å². The van der Waals surface area contributed by atoms with Crippen LogP contribution in [0.25, 0.3) is 0 Å². The third kappa shape index (κ3) is 2.37. The highest BCUT2D eigenvalue weighted by molar-refractivity contribution is 9.09. The van der Waals surface area contributed by atoms with Crippen LogP contribution in [0.5, 0.6) is 0 Å². The standard InChI is InChI=1S/C10H8BrNOS/c1-6(13)10(11)9-4-8(14)3-2-7(9)5-12/h2-4,10,14H,1H3. The maximum atomic E-state index is 11.1. The number of thiol groups is 1. The van der Waals surface area contributed by atoms with Crippen LogP contribution in [-0.2, 0) is 4.79 Å². The minimum Gasteiger partial charge on any atom is -0.298 e. The monoisotopic (exact) mass is 269 g/mol. The highest BCUT2D eigenvalue weighted by Crippen LogP contribution is 2.28. The molecule has 0 N–H and O–H groups in total. The largest absolute Gasteiger partial charge is 0.298 e. The van der Waals surface area contributed by atoms with Crippen LogP contribution in [0.3, 0.4) is 0 Å². The molecule has 0 heterocycles. The molecule has 1 rings (SSSR count). The SMILES string of the molecule is CC(=O)C(Br)c1cc(S)ccc1C#N. The molecule has 0 bridgehead atoms. The van der Waals surface area contributed by atoms with Crippen molar-refractivity contribution in [1.82, 2.24) is 0 Å². The summed E-state index contributed by atoms with van der Waals surface area (Å²) < 4.78 is 0. The third-order valence-electron chi connectivity index (χ3n) is 1.79. The summed E-state index contributed by atoms with van der Waals surface area (Å²) in [5.74, 6) is -0.0274. The Morgan fingerprint density at radius 3 is 2.79 bits per heavy atom. The fraction of sp³-hybridized carbons (Fsp3) is 0.200. The smallest absolute Gasteiger partial charge is 0.147 e. The van der Waals surface area contributed by atoms with Gasteiger partial charge in [-0.1, -0.05) is 15.9 Å². The number of hydrogen-bond donors (Lipinski definition) is 1. The quantitative estimate of drug-likeness (QED) is 0.663. The summed E-state index contributed by atoms with van der Waals surface area (Å²) in [5.41, 5.74) is 1.17. The first-order chi connectivity index (χ1) is 6.56. The minimum atomic E-state index is -0.427. The van der Waals surface area contributed by atoms with Gasteiger partial charge in [-0.15, -0.1) is 12.6 Å². The van der Waals surface area contributed by atoms with Gasteiger partial charge in [-0.3, -0.25) is 4.79 Å². The Morgan fingerprint density at radius 2 is 2.29 bits per heavy atom. The van der Waals surface area contributed by atoms with E-state index in [0.717, 1.165) is 4.90 Å². The van der Waals surface area contributed by atoms with Gasteiger partial charge < -0.3 is 0 Å². The molecule has 1 aromatic rings. The molecule has 72 valence electrons. The van der Waals surface area contributed by atoms with Crippen LogP contribution in [0.1, 0.15) is 22.9 Å². The van der Waals surface area contributed by atoms with Gasteiger partial charge in [0.05, 0.1) is 16.5 Å². The lowest BCUT2D eigenvalue weighted by atomic mass is 10.0. The summed E-state index contributed by atoms with van der Waals surface area (Å²) >= 11 is 7.40. The Balaban J connectivity index is 3.25. The van der Waals surface area contributed by atoms with E-state index in [1.54, 1.807) is 18.2 Å². The Kier molecular flexibility index (Phi) is 3.73. The van der Waals surface area contributed by atoms with Crippen molar-refractivity contribution in [1.29, 1.82) is 5.26 Å². The van der Waals surface area contributed by atoms with Gasteiger partial charge in [0.25, 0.3) is 0 Å². The van der Waals surface area contributed by atoms with E-state index in [-0.39, 0.29) is 5.78 Å². The molecule has 0 aromatic heterocycles. The molecule has 2 nitrogen and oxygen atoms in total. The number of ketones is 1. The van der Waals surface area contributed by atoms with Crippen molar-refractivity contribution in [2.45, 2.75) is 16.6 Å². The van der Waals surface area contributed by atoms with E-state index in [9.17, 15) is 4.79 Å². The van der Waals surface area contributed by atoms with Crippen LogP contribution in [0.15, 0.2) is 23.1 Å². The van der Waals surface area contributed by atoms with Crippen molar-refractivity contribution in [2.24, 2.45) is 0 Å². The molecular weight excluding hydrogens is 262 g/mol. The second-order valence-corrected chi connectivity index (χ2v) is 4.29. The zero-order valence-corrected chi connectivity index (χ0v) is 9.97. The van der Waals surface area contributed by atoms with Gasteiger partial charge >= 0.3 is 0 Å². The zero-order chi connectivity index (χ0) is 10.7. The lowest BCUT2D eigenvalue weighted by Gasteiger charge is -2.08. The molecule has 4 heteroatoms. The van der Waals surface area contributed by atoms with E-state index in [4.69, 9.17) is 5.26 Å². The van der Waals surface area contributed by atoms with Gasteiger partial charge in [-0.05, 0) is 30.7 Å². The van der Waals surface area contributed by atoms with E-state index in [1.165, 1.54) is 6.92 Å². The number of carbonyl (C=O) groups excluding carboxylic acids is 1. The predicted octanol–water partition coefficient (Wildman–Crippen LogP) is 2.87. The number of hydrogen-bond acceptors (Lipinski definition) is 3. The Hall–Kier alpha value is -0.790. The summed E-state index contributed by atoms with van der Waals surface area (Å²) in [6.07, 6.45) is 0. The number of alkyl halides is 1. The summed E-state index contributed by atoms with van der Waals surface area (Å²) in [6.45, 7) is 1.48. The van der Waals surface area contributed by atoms with Crippen molar-refractivity contribution < 1.29 is 4.79 Å². The molecule has 0 aliphatic heterocycles. The van der Waals surface area contributed by atoms with Gasteiger partial charge in [-0.25, -0.2) is 0 Å². The molecule has 1 unspecified atom stereocenters. The van der Waals surface area contributed by atoms with Gasteiger partial charge in [0.1, 0.15) is 5.78 Å². The normalized spacial score (nSPS) is 11.9.